The van der Waals surface area contributed by atoms with E-state index in [1.807, 2.05) is 24.4 Å². The molecule has 3 heteroatoms. The van der Waals surface area contributed by atoms with E-state index in [0.717, 1.165) is 55.3 Å². The number of hydrogen-bond acceptors (Lipinski definition) is 2. The first kappa shape index (κ1) is 31.5. The highest BCUT2D eigenvalue weighted by molar-refractivity contribution is 6.22. The van der Waals surface area contributed by atoms with Gasteiger partial charge in [-0.3, -0.25) is 4.57 Å². The van der Waals surface area contributed by atoms with E-state index in [2.05, 4.69) is 175 Å². The predicted octanol–water partition coefficient (Wildman–Crippen LogP) is 13.3. The van der Waals surface area contributed by atoms with Gasteiger partial charge in [0.15, 0.2) is 0 Å². The average Bonchev–Trinajstić information content (AvgIpc) is 3.57. The van der Waals surface area contributed by atoms with E-state index in [4.69, 9.17) is 4.98 Å². The van der Waals surface area contributed by atoms with E-state index in [-0.39, 0.29) is 0 Å². The Morgan fingerprint density at radius 3 is 1.78 bits per heavy atom. The molecule has 0 fully saturated rings. The lowest BCUT2D eigenvalue weighted by Crippen LogP contribution is -1.94. The molecule has 2 aromatic heterocycles. The average molecular weight is 688 g/mol. The summed E-state index contributed by atoms with van der Waals surface area (Å²) < 4.78 is 2.22. The van der Waals surface area contributed by atoms with Gasteiger partial charge in [-0.25, -0.2) is 4.98 Å². The van der Waals surface area contributed by atoms with Crippen LogP contribution in [0.2, 0.25) is 0 Å². The fourth-order valence-corrected chi connectivity index (χ4v) is 8.27. The quantitative estimate of drug-likeness (QED) is 0.169. The Hall–Kier alpha value is -7.28. The topological polar surface area (TPSA) is 41.6 Å². The van der Waals surface area contributed by atoms with Gasteiger partial charge in [0.2, 0.25) is 0 Å². The van der Waals surface area contributed by atoms with Crippen molar-refractivity contribution in [1.29, 1.82) is 5.26 Å². The summed E-state index contributed by atoms with van der Waals surface area (Å²) in [4.78, 5) is 4.78. The zero-order valence-corrected chi connectivity index (χ0v) is 29.7. The van der Waals surface area contributed by atoms with E-state index in [1.54, 1.807) is 0 Å². The highest BCUT2D eigenvalue weighted by atomic mass is 15.0. The van der Waals surface area contributed by atoms with Crippen LogP contribution in [0.4, 0.5) is 0 Å². The third kappa shape index (κ3) is 5.08. The lowest BCUT2D eigenvalue weighted by Gasteiger charge is -2.19. The first-order valence-corrected chi connectivity index (χ1v) is 18.3. The summed E-state index contributed by atoms with van der Waals surface area (Å²) in [5.41, 5.74) is 13.7. The van der Waals surface area contributed by atoms with E-state index >= 15 is 0 Å². The smallest absolute Gasteiger partial charge is 0.145 e. The fourth-order valence-electron chi connectivity index (χ4n) is 8.27. The molecule has 54 heavy (non-hydrogen) atoms. The standard InChI is InChI=1S/C51H33N3/c1-33-19-23-42-46(28-33)50(35-14-7-3-8-15-35)47-31-38(21-25-43(47)49(42)34-12-5-2-6-13-34)41-24-20-36(29-39(41)32-52)37-22-26-48-45(30-37)44-18-11-27-53-51(44)54(48)40-16-9-4-10-17-40/h2-31H,1H3. The summed E-state index contributed by atoms with van der Waals surface area (Å²) >= 11 is 0. The number of para-hydroxylation sites is 1. The van der Waals surface area contributed by atoms with Crippen LogP contribution < -0.4 is 0 Å². The number of fused-ring (bicyclic) bond motifs is 5. The van der Waals surface area contributed by atoms with Gasteiger partial charge >= 0.3 is 0 Å². The van der Waals surface area contributed by atoms with Crippen molar-refractivity contribution in [2.45, 2.75) is 6.92 Å². The highest BCUT2D eigenvalue weighted by Gasteiger charge is 2.19. The van der Waals surface area contributed by atoms with Crippen LogP contribution in [0, 0.1) is 18.3 Å². The van der Waals surface area contributed by atoms with Gasteiger partial charge in [0.25, 0.3) is 0 Å². The number of aromatic nitrogens is 2. The molecule has 0 N–H and O–H groups in total. The zero-order chi connectivity index (χ0) is 36.2. The lowest BCUT2D eigenvalue weighted by atomic mass is 9.84. The maximum absolute atomic E-state index is 10.6. The molecule has 10 rings (SSSR count). The SMILES string of the molecule is Cc1ccc2c(-c3ccccc3)c3ccc(-c4ccc(-c5ccc6c(c5)c5cccnc5n6-c5ccccc5)cc4C#N)cc3c(-c3ccccc3)c2c1. The van der Waals surface area contributed by atoms with Crippen molar-refractivity contribution in [3.8, 4) is 56.3 Å². The van der Waals surface area contributed by atoms with Crippen molar-refractivity contribution >= 4 is 43.5 Å². The summed E-state index contributed by atoms with van der Waals surface area (Å²) in [6.07, 6.45) is 1.85. The molecular formula is C51H33N3. The Morgan fingerprint density at radius 2 is 1.06 bits per heavy atom. The van der Waals surface area contributed by atoms with Crippen LogP contribution in [0.1, 0.15) is 11.1 Å². The Morgan fingerprint density at radius 1 is 0.463 bits per heavy atom. The molecule has 0 aliphatic heterocycles. The molecule has 2 heterocycles. The fraction of sp³-hybridized carbons (Fsp3) is 0.0196. The first-order chi connectivity index (χ1) is 26.7. The predicted molar refractivity (Wildman–Crippen MR) is 225 cm³/mol. The summed E-state index contributed by atoms with van der Waals surface area (Å²) in [5.74, 6) is 0. The van der Waals surface area contributed by atoms with E-state index < -0.39 is 0 Å². The van der Waals surface area contributed by atoms with Crippen LogP contribution >= 0.6 is 0 Å². The second kappa shape index (κ2) is 12.7. The van der Waals surface area contributed by atoms with Crippen molar-refractivity contribution in [3.05, 3.63) is 193 Å². The molecule has 0 saturated carbocycles. The number of rotatable bonds is 5. The minimum absolute atomic E-state index is 0.640. The van der Waals surface area contributed by atoms with Crippen LogP contribution in [-0.4, -0.2) is 9.55 Å². The minimum atomic E-state index is 0.640. The third-order valence-corrected chi connectivity index (χ3v) is 10.7. The normalized spacial score (nSPS) is 11.4. The van der Waals surface area contributed by atoms with Crippen LogP contribution in [0.5, 0.6) is 0 Å². The van der Waals surface area contributed by atoms with Crippen molar-refractivity contribution in [3.63, 3.8) is 0 Å². The molecule has 0 atom stereocenters. The molecule has 0 saturated heterocycles. The van der Waals surface area contributed by atoms with Gasteiger partial charge < -0.3 is 0 Å². The summed E-state index contributed by atoms with van der Waals surface area (Å²) in [6.45, 7) is 2.16. The van der Waals surface area contributed by atoms with Gasteiger partial charge in [0, 0.05) is 22.7 Å². The molecule has 0 unspecified atom stereocenters. The van der Waals surface area contributed by atoms with E-state index in [1.165, 1.54) is 44.0 Å². The molecular weight excluding hydrogens is 655 g/mol. The molecule has 0 radical (unpaired) electrons. The van der Waals surface area contributed by atoms with Crippen molar-refractivity contribution < 1.29 is 0 Å². The second-order valence-corrected chi connectivity index (χ2v) is 13.9. The van der Waals surface area contributed by atoms with Crippen molar-refractivity contribution in [1.82, 2.24) is 9.55 Å². The minimum Gasteiger partial charge on any atom is -0.294 e. The largest absolute Gasteiger partial charge is 0.294 e. The van der Waals surface area contributed by atoms with E-state index in [0.29, 0.717) is 5.56 Å². The van der Waals surface area contributed by atoms with Gasteiger partial charge in [-0.1, -0.05) is 133 Å². The molecule has 0 amide bonds. The summed E-state index contributed by atoms with van der Waals surface area (Å²) in [5, 5.41) is 17.7. The number of pyridine rings is 1. The number of nitrogens with zero attached hydrogens (tertiary/aromatic N) is 3. The van der Waals surface area contributed by atoms with Gasteiger partial charge in [-0.2, -0.15) is 5.26 Å². The second-order valence-electron chi connectivity index (χ2n) is 13.9. The van der Waals surface area contributed by atoms with Crippen LogP contribution in [0.15, 0.2) is 182 Å². The van der Waals surface area contributed by atoms with Crippen molar-refractivity contribution in [2.24, 2.45) is 0 Å². The Kier molecular flexibility index (Phi) is 7.42. The van der Waals surface area contributed by atoms with Gasteiger partial charge in [0.1, 0.15) is 5.65 Å². The number of aryl methyl sites for hydroxylation is 1. The molecule has 0 spiro atoms. The molecule has 0 aliphatic rings. The van der Waals surface area contributed by atoms with Crippen LogP contribution in [0.3, 0.4) is 0 Å². The molecule has 3 nitrogen and oxygen atoms in total. The van der Waals surface area contributed by atoms with Gasteiger partial charge in [-0.15, -0.1) is 0 Å². The van der Waals surface area contributed by atoms with Gasteiger partial charge in [0.05, 0.1) is 17.1 Å². The molecule has 0 bridgehead atoms. The zero-order valence-electron chi connectivity index (χ0n) is 29.7. The molecule has 10 aromatic rings. The molecule has 0 aliphatic carbocycles. The van der Waals surface area contributed by atoms with E-state index in [9.17, 15) is 5.26 Å². The monoisotopic (exact) mass is 687 g/mol. The molecule has 252 valence electrons. The Balaban J connectivity index is 1.16. The number of hydrogen-bond donors (Lipinski definition) is 0. The van der Waals surface area contributed by atoms with Crippen LogP contribution in [0.25, 0.3) is 93.7 Å². The van der Waals surface area contributed by atoms with Gasteiger partial charge in [-0.05, 0) is 122 Å². The first-order valence-electron chi connectivity index (χ1n) is 18.3. The maximum atomic E-state index is 10.6. The Bertz CT molecular complexity index is 3100. The summed E-state index contributed by atoms with van der Waals surface area (Å²) in [6, 6.07) is 64.8. The summed E-state index contributed by atoms with van der Waals surface area (Å²) in [7, 11) is 0. The Labute approximate surface area is 313 Å². The highest BCUT2D eigenvalue weighted by Crippen LogP contribution is 2.45. The lowest BCUT2D eigenvalue weighted by molar-refractivity contribution is 1.14. The molecule has 8 aromatic carbocycles. The maximum Gasteiger partial charge on any atom is 0.145 e. The van der Waals surface area contributed by atoms with Crippen molar-refractivity contribution in [2.75, 3.05) is 0 Å². The number of nitriles is 1. The number of benzene rings is 8. The third-order valence-electron chi connectivity index (χ3n) is 10.7. The van der Waals surface area contributed by atoms with Crippen LogP contribution in [-0.2, 0) is 0 Å².